The molecular weight excluding hydrogens is 368 g/mol. The van der Waals surface area contributed by atoms with E-state index in [0.29, 0.717) is 51.2 Å². The van der Waals surface area contributed by atoms with Crippen LogP contribution in [0.15, 0.2) is 48.5 Å². The SMILES string of the molecule is COCc1ccccc1C(=O)N1CCN(C(=O)CCc2ccc(OC)cc2)CC1. The van der Waals surface area contributed by atoms with E-state index in [0.717, 1.165) is 16.9 Å². The van der Waals surface area contributed by atoms with Crippen molar-refractivity contribution in [3.63, 3.8) is 0 Å². The Morgan fingerprint density at radius 3 is 2.21 bits per heavy atom. The van der Waals surface area contributed by atoms with Crippen LogP contribution in [0.3, 0.4) is 0 Å². The molecule has 0 saturated carbocycles. The standard InChI is InChI=1S/C23H28N2O4/c1-28-17-19-5-3-4-6-21(19)23(27)25-15-13-24(14-16-25)22(26)12-9-18-7-10-20(29-2)11-8-18/h3-8,10-11H,9,12-17H2,1-2H3. The first-order chi connectivity index (χ1) is 14.1. The van der Waals surface area contributed by atoms with Crippen LogP contribution >= 0.6 is 0 Å². The minimum Gasteiger partial charge on any atom is -0.497 e. The van der Waals surface area contributed by atoms with E-state index in [-0.39, 0.29) is 11.8 Å². The number of ether oxygens (including phenoxy) is 2. The predicted molar refractivity (Wildman–Crippen MR) is 111 cm³/mol. The zero-order valence-electron chi connectivity index (χ0n) is 17.1. The zero-order chi connectivity index (χ0) is 20.6. The molecular formula is C23H28N2O4. The number of rotatable bonds is 7. The minimum absolute atomic E-state index is 0.00276. The maximum Gasteiger partial charge on any atom is 0.254 e. The van der Waals surface area contributed by atoms with E-state index in [1.165, 1.54) is 0 Å². The lowest BCUT2D eigenvalue weighted by molar-refractivity contribution is -0.132. The fourth-order valence-corrected chi connectivity index (χ4v) is 3.54. The highest BCUT2D eigenvalue weighted by Gasteiger charge is 2.25. The summed E-state index contributed by atoms with van der Waals surface area (Å²) in [7, 11) is 3.26. The van der Waals surface area contributed by atoms with E-state index in [9.17, 15) is 9.59 Å². The molecule has 0 aromatic heterocycles. The van der Waals surface area contributed by atoms with Crippen molar-refractivity contribution in [1.82, 2.24) is 9.80 Å². The van der Waals surface area contributed by atoms with Crippen LogP contribution in [0.25, 0.3) is 0 Å². The van der Waals surface area contributed by atoms with E-state index in [2.05, 4.69) is 0 Å². The zero-order valence-corrected chi connectivity index (χ0v) is 17.1. The molecule has 1 fully saturated rings. The van der Waals surface area contributed by atoms with Crippen molar-refractivity contribution in [3.8, 4) is 5.75 Å². The third-order valence-corrected chi connectivity index (χ3v) is 5.25. The quantitative estimate of drug-likeness (QED) is 0.722. The Balaban J connectivity index is 1.50. The van der Waals surface area contributed by atoms with Crippen molar-refractivity contribution >= 4 is 11.8 Å². The van der Waals surface area contributed by atoms with Crippen LogP contribution in [0.1, 0.15) is 27.9 Å². The lowest BCUT2D eigenvalue weighted by Gasteiger charge is -2.35. The monoisotopic (exact) mass is 396 g/mol. The van der Waals surface area contributed by atoms with Gasteiger partial charge in [-0.1, -0.05) is 30.3 Å². The maximum absolute atomic E-state index is 12.9. The molecule has 0 radical (unpaired) electrons. The number of nitrogens with zero attached hydrogens (tertiary/aromatic N) is 2. The van der Waals surface area contributed by atoms with Gasteiger partial charge in [-0.25, -0.2) is 0 Å². The average Bonchev–Trinajstić information content (AvgIpc) is 2.78. The molecule has 0 atom stereocenters. The van der Waals surface area contributed by atoms with E-state index >= 15 is 0 Å². The second-order valence-corrected chi connectivity index (χ2v) is 7.11. The van der Waals surface area contributed by atoms with Crippen molar-refractivity contribution < 1.29 is 19.1 Å². The number of carbonyl (C=O) groups is 2. The van der Waals surface area contributed by atoms with Crippen molar-refractivity contribution in [1.29, 1.82) is 0 Å². The number of piperazine rings is 1. The first kappa shape index (κ1) is 20.9. The van der Waals surface area contributed by atoms with Crippen LogP contribution in [0.2, 0.25) is 0 Å². The number of methoxy groups -OCH3 is 2. The molecule has 3 rings (SSSR count). The van der Waals surface area contributed by atoms with Gasteiger partial charge in [-0.05, 0) is 35.7 Å². The van der Waals surface area contributed by atoms with E-state index < -0.39 is 0 Å². The fraction of sp³-hybridized carbons (Fsp3) is 0.391. The van der Waals surface area contributed by atoms with Gasteiger partial charge in [-0.2, -0.15) is 0 Å². The summed E-state index contributed by atoms with van der Waals surface area (Å²) in [5.74, 6) is 0.948. The molecule has 2 amide bonds. The van der Waals surface area contributed by atoms with E-state index in [1.54, 1.807) is 14.2 Å². The highest BCUT2D eigenvalue weighted by Crippen LogP contribution is 2.16. The second kappa shape index (κ2) is 10.1. The van der Waals surface area contributed by atoms with Crippen LogP contribution < -0.4 is 4.74 Å². The highest BCUT2D eigenvalue weighted by atomic mass is 16.5. The third-order valence-electron chi connectivity index (χ3n) is 5.25. The van der Waals surface area contributed by atoms with Crippen LogP contribution in [0.4, 0.5) is 0 Å². The van der Waals surface area contributed by atoms with Crippen molar-refractivity contribution in [3.05, 3.63) is 65.2 Å². The summed E-state index contributed by atoms with van der Waals surface area (Å²) in [6.45, 7) is 2.65. The molecule has 2 aromatic rings. The molecule has 29 heavy (non-hydrogen) atoms. The van der Waals surface area contributed by atoms with Gasteiger partial charge < -0.3 is 19.3 Å². The smallest absolute Gasteiger partial charge is 0.254 e. The van der Waals surface area contributed by atoms with Crippen molar-refractivity contribution in [2.75, 3.05) is 40.4 Å². The summed E-state index contributed by atoms with van der Waals surface area (Å²) in [6, 6.07) is 15.3. The van der Waals surface area contributed by atoms with Gasteiger partial charge in [0.15, 0.2) is 0 Å². The van der Waals surface area contributed by atoms with Crippen LogP contribution in [0.5, 0.6) is 5.75 Å². The Kier molecular flexibility index (Phi) is 7.25. The summed E-state index contributed by atoms with van der Waals surface area (Å²) >= 11 is 0. The fourth-order valence-electron chi connectivity index (χ4n) is 3.54. The minimum atomic E-state index is 0.00276. The first-order valence-corrected chi connectivity index (χ1v) is 9.89. The molecule has 1 saturated heterocycles. The molecule has 0 spiro atoms. The normalized spacial score (nSPS) is 14.0. The molecule has 6 nitrogen and oxygen atoms in total. The van der Waals surface area contributed by atoms with Crippen molar-refractivity contribution in [2.24, 2.45) is 0 Å². The number of benzene rings is 2. The molecule has 154 valence electrons. The van der Waals surface area contributed by atoms with Gasteiger partial charge in [0.05, 0.1) is 13.7 Å². The summed E-state index contributed by atoms with van der Waals surface area (Å²) in [4.78, 5) is 29.1. The lowest BCUT2D eigenvalue weighted by atomic mass is 10.1. The molecule has 1 heterocycles. The number of aryl methyl sites for hydroxylation is 1. The topological polar surface area (TPSA) is 59.1 Å². The Bertz CT molecular complexity index is 827. The molecule has 6 heteroatoms. The highest BCUT2D eigenvalue weighted by molar-refractivity contribution is 5.95. The average molecular weight is 396 g/mol. The Morgan fingerprint density at radius 1 is 0.897 bits per heavy atom. The molecule has 1 aliphatic rings. The molecule has 0 aliphatic carbocycles. The number of hydrogen-bond donors (Lipinski definition) is 0. The molecule has 2 aromatic carbocycles. The molecule has 0 unspecified atom stereocenters. The van der Waals surface area contributed by atoms with Gasteiger partial charge in [0.2, 0.25) is 5.91 Å². The summed E-state index contributed by atoms with van der Waals surface area (Å²) < 4.78 is 10.4. The van der Waals surface area contributed by atoms with Gasteiger partial charge in [0.25, 0.3) is 5.91 Å². The largest absolute Gasteiger partial charge is 0.497 e. The van der Waals surface area contributed by atoms with Gasteiger partial charge in [0, 0.05) is 45.3 Å². The number of carbonyl (C=O) groups excluding carboxylic acids is 2. The summed E-state index contributed by atoms with van der Waals surface area (Å²) in [5, 5.41) is 0. The summed E-state index contributed by atoms with van der Waals surface area (Å²) in [5.41, 5.74) is 2.68. The lowest BCUT2D eigenvalue weighted by Crippen LogP contribution is -2.50. The van der Waals surface area contributed by atoms with E-state index in [4.69, 9.17) is 9.47 Å². The van der Waals surface area contributed by atoms with Crippen LogP contribution in [-0.4, -0.2) is 62.0 Å². The first-order valence-electron chi connectivity index (χ1n) is 9.89. The molecule has 0 bridgehead atoms. The second-order valence-electron chi connectivity index (χ2n) is 7.11. The van der Waals surface area contributed by atoms with Gasteiger partial charge >= 0.3 is 0 Å². The Morgan fingerprint density at radius 2 is 1.55 bits per heavy atom. The maximum atomic E-state index is 12.9. The van der Waals surface area contributed by atoms with E-state index in [1.807, 2.05) is 58.3 Å². The Labute approximate surface area is 172 Å². The third kappa shape index (κ3) is 5.35. The summed E-state index contributed by atoms with van der Waals surface area (Å²) in [6.07, 6.45) is 1.17. The predicted octanol–water partition coefficient (Wildman–Crippen LogP) is 2.76. The number of hydrogen-bond acceptors (Lipinski definition) is 4. The van der Waals surface area contributed by atoms with Crippen molar-refractivity contribution in [2.45, 2.75) is 19.4 Å². The number of amides is 2. The van der Waals surface area contributed by atoms with Crippen LogP contribution in [-0.2, 0) is 22.6 Å². The van der Waals surface area contributed by atoms with Gasteiger partial charge in [0.1, 0.15) is 5.75 Å². The van der Waals surface area contributed by atoms with Gasteiger partial charge in [-0.15, -0.1) is 0 Å². The van der Waals surface area contributed by atoms with Gasteiger partial charge in [-0.3, -0.25) is 9.59 Å². The molecule has 1 aliphatic heterocycles. The molecule has 0 N–H and O–H groups in total. The van der Waals surface area contributed by atoms with Crippen LogP contribution in [0, 0.1) is 0 Å². The Hall–Kier alpha value is -2.86.